The fourth-order valence-electron chi connectivity index (χ4n) is 5.23. The number of allylic oxidation sites excluding steroid dienone is 1. The number of anilines is 2. The summed E-state index contributed by atoms with van der Waals surface area (Å²) in [7, 11) is 1.23. The Morgan fingerprint density at radius 1 is 1.18 bits per heavy atom. The number of esters is 1. The fraction of sp³-hybridized carbons (Fsp3) is 0.240. The zero-order valence-electron chi connectivity index (χ0n) is 18.2. The van der Waals surface area contributed by atoms with E-state index in [1.807, 2.05) is 19.1 Å². The van der Waals surface area contributed by atoms with Crippen LogP contribution in [0, 0.1) is 6.92 Å². The number of ether oxygens (including phenoxy) is 1. The van der Waals surface area contributed by atoms with Gasteiger partial charge in [-0.1, -0.05) is 41.4 Å². The third kappa shape index (κ3) is 2.78. The van der Waals surface area contributed by atoms with Crippen LogP contribution in [0.15, 0.2) is 65.1 Å². The van der Waals surface area contributed by atoms with Gasteiger partial charge in [-0.2, -0.15) is 0 Å². The summed E-state index contributed by atoms with van der Waals surface area (Å²) in [6.07, 6.45) is 1.36. The minimum atomic E-state index is -1.69. The fourth-order valence-corrected chi connectivity index (χ4v) is 5.45. The van der Waals surface area contributed by atoms with E-state index in [0.717, 1.165) is 5.56 Å². The van der Waals surface area contributed by atoms with Crippen molar-refractivity contribution in [3.8, 4) is 0 Å². The number of Topliss-reactive ketones (excluding diaryl/α,β-unsaturated/α-hetero) is 1. The van der Waals surface area contributed by atoms with Crippen molar-refractivity contribution in [1.82, 2.24) is 0 Å². The number of rotatable bonds is 2. The van der Waals surface area contributed by atoms with Gasteiger partial charge in [-0.05, 0) is 38.0 Å². The molecular weight excluding hydrogens is 442 g/mol. The van der Waals surface area contributed by atoms with Crippen molar-refractivity contribution in [1.29, 1.82) is 0 Å². The van der Waals surface area contributed by atoms with Gasteiger partial charge < -0.3 is 15.8 Å². The summed E-state index contributed by atoms with van der Waals surface area (Å²) in [6.45, 7) is 1.89. The molecule has 1 amide bonds. The Hall–Kier alpha value is -3.58. The molecule has 0 bridgehead atoms. The van der Waals surface area contributed by atoms with E-state index < -0.39 is 17.3 Å². The van der Waals surface area contributed by atoms with Crippen LogP contribution in [0.4, 0.5) is 11.4 Å². The first-order valence-corrected chi connectivity index (χ1v) is 11.0. The van der Waals surface area contributed by atoms with Crippen LogP contribution in [0.1, 0.15) is 30.4 Å². The number of amides is 1. The maximum absolute atomic E-state index is 13.8. The highest BCUT2D eigenvalue weighted by Crippen LogP contribution is 2.56. The van der Waals surface area contributed by atoms with Gasteiger partial charge in [-0.25, -0.2) is 4.79 Å². The molecule has 7 nitrogen and oxygen atoms in total. The molecule has 8 heteroatoms. The summed E-state index contributed by atoms with van der Waals surface area (Å²) in [5.41, 5.74) is 8.21. The van der Waals surface area contributed by atoms with E-state index in [1.165, 1.54) is 7.11 Å². The van der Waals surface area contributed by atoms with Gasteiger partial charge in [0.05, 0.1) is 17.8 Å². The summed E-state index contributed by atoms with van der Waals surface area (Å²) in [6, 6.07) is 12.5. The van der Waals surface area contributed by atoms with E-state index in [0.29, 0.717) is 40.5 Å². The van der Waals surface area contributed by atoms with Gasteiger partial charge in [0.25, 0.3) is 0 Å². The third-order valence-corrected chi connectivity index (χ3v) is 6.87. The van der Waals surface area contributed by atoms with Crippen LogP contribution >= 0.6 is 11.6 Å². The van der Waals surface area contributed by atoms with E-state index in [4.69, 9.17) is 22.1 Å². The summed E-state index contributed by atoms with van der Waals surface area (Å²) in [5.74, 6) is -1.45. The number of aryl methyl sites for hydroxylation is 1. The van der Waals surface area contributed by atoms with Crippen LogP contribution in [0.3, 0.4) is 0 Å². The molecule has 0 saturated carbocycles. The molecule has 0 aromatic heterocycles. The van der Waals surface area contributed by atoms with Gasteiger partial charge in [0.1, 0.15) is 16.8 Å². The molecule has 2 heterocycles. The van der Waals surface area contributed by atoms with E-state index in [2.05, 4.69) is 5.32 Å². The van der Waals surface area contributed by atoms with Crippen LogP contribution in [-0.2, 0) is 24.5 Å². The molecule has 33 heavy (non-hydrogen) atoms. The highest BCUT2D eigenvalue weighted by molar-refractivity contribution is 6.33. The van der Waals surface area contributed by atoms with Crippen molar-refractivity contribution < 1.29 is 19.1 Å². The smallest absolute Gasteiger partial charge is 0.339 e. The van der Waals surface area contributed by atoms with Gasteiger partial charge in [-0.15, -0.1) is 0 Å². The minimum Gasteiger partial charge on any atom is -0.466 e. The second-order valence-electron chi connectivity index (χ2n) is 8.39. The molecular formula is C25H22ClN3O4. The lowest BCUT2D eigenvalue weighted by molar-refractivity contribution is -0.138. The number of nitrogens with two attached hydrogens (primary N) is 1. The largest absolute Gasteiger partial charge is 0.466 e. The molecule has 0 fully saturated rings. The Morgan fingerprint density at radius 3 is 2.67 bits per heavy atom. The Morgan fingerprint density at radius 2 is 1.94 bits per heavy atom. The van der Waals surface area contributed by atoms with Crippen LogP contribution in [0.25, 0.3) is 0 Å². The lowest BCUT2D eigenvalue weighted by Crippen LogP contribution is -2.53. The number of methoxy groups -OCH3 is 1. The molecule has 3 N–H and O–H groups in total. The van der Waals surface area contributed by atoms with Gasteiger partial charge in [0.2, 0.25) is 5.91 Å². The molecule has 1 aliphatic carbocycles. The number of carbonyl (C=O) groups is 3. The molecule has 0 radical (unpaired) electrons. The van der Waals surface area contributed by atoms with Crippen molar-refractivity contribution in [2.24, 2.45) is 5.73 Å². The first-order valence-electron chi connectivity index (χ1n) is 10.6. The Kier molecular flexibility index (Phi) is 4.83. The predicted octanol–water partition coefficient (Wildman–Crippen LogP) is 3.71. The summed E-state index contributed by atoms with van der Waals surface area (Å²) < 4.78 is 5.12. The van der Waals surface area contributed by atoms with Crippen molar-refractivity contribution >= 4 is 40.6 Å². The number of carbonyl (C=O) groups excluding carboxylic acids is 3. The summed E-state index contributed by atoms with van der Waals surface area (Å²) in [5, 5.41) is 3.27. The van der Waals surface area contributed by atoms with Crippen LogP contribution in [-0.4, -0.2) is 24.8 Å². The van der Waals surface area contributed by atoms with E-state index in [-0.39, 0.29) is 29.2 Å². The maximum atomic E-state index is 13.8. The van der Waals surface area contributed by atoms with Crippen LogP contribution in [0.5, 0.6) is 0 Å². The number of ketones is 1. The number of hydrogen-bond donors (Lipinski definition) is 2. The summed E-state index contributed by atoms with van der Waals surface area (Å²) >= 11 is 6.51. The standard InChI is InChI=1S/C25H22ClN3O4/c1-13-10-11-16-14(12-13)25(24(32)28-16)20-18(8-5-9-19(20)30)29(17-7-4-3-6-15(17)26)22(27)21(25)23(31)33-2/h3-4,6-7,10-12H,5,8-9,27H2,1-2H3,(H,28,32). The third-order valence-electron chi connectivity index (χ3n) is 6.55. The van der Waals surface area contributed by atoms with Gasteiger partial charge in [0, 0.05) is 28.9 Å². The lowest BCUT2D eigenvalue weighted by atomic mass is 9.63. The van der Waals surface area contributed by atoms with Gasteiger partial charge in [0.15, 0.2) is 5.78 Å². The maximum Gasteiger partial charge on any atom is 0.339 e. The van der Waals surface area contributed by atoms with E-state index >= 15 is 0 Å². The van der Waals surface area contributed by atoms with Crippen molar-refractivity contribution in [2.75, 3.05) is 17.3 Å². The van der Waals surface area contributed by atoms with E-state index in [1.54, 1.807) is 35.2 Å². The van der Waals surface area contributed by atoms with Gasteiger partial charge in [-0.3, -0.25) is 14.5 Å². The molecule has 2 aromatic carbocycles. The van der Waals surface area contributed by atoms with Crippen LogP contribution in [0.2, 0.25) is 5.02 Å². The number of benzene rings is 2. The second kappa shape index (κ2) is 7.49. The number of halogens is 1. The van der Waals surface area contributed by atoms with Gasteiger partial charge >= 0.3 is 5.97 Å². The highest BCUT2D eigenvalue weighted by atomic mass is 35.5. The monoisotopic (exact) mass is 463 g/mol. The topological polar surface area (TPSA) is 102 Å². The second-order valence-corrected chi connectivity index (χ2v) is 8.80. The minimum absolute atomic E-state index is 0.0212. The van der Waals surface area contributed by atoms with Crippen LogP contribution < -0.4 is 16.0 Å². The molecule has 3 aliphatic rings. The quantitative estimate of drug-likeness (QED) is 0.658. The average molecular weight is 464 g/mol. The normalized spacial score (nSPS) is 21.8. The zero-order valence-corrected chi connectivity index (χ0v) is 19.0. The van der Waals surface area contributed by atoms with Crippen molar-refractivity contribution in [3.63, 3.8) is 0 Å². The Bertz CT molecular complexity index is 1310. The Labute approximate surface area is 195 Å². The molecule has 1 atom stereocenters. The molecule has 2 aliphatic heterocycles. The Balaban J connectivity index is 1.94. The SMILES string of the molecule is COC(=O)C1=C(N)N(c2ccccc2Cl)C2=C(C(=O)CCC2)C12C(=O)Nc1ccc(C)cc12. The molecule has 1 spiro atoms. The number of fused-ring (bicyclic) bond motifs is 3. The number of nitrogens with zero attached hydrogens (tertiary/aromatic N) is 1. The first-order chi connectivity index (χ1) is 15.8. The predicted molar refractivity (Wildman–Crippen MR) is 125 cm³/mol. The van der Waals surface area contributed by atoms with Crippen molar-refractivity contribution in [3.05, 3.63) is 81.3 Å². The average Bonchev–Trinajstić information content (AvgIpc) is 3.06. The van der Waals surface area contributed by atoms with Crippen molar-refractivity contribution in [2.45, 2.75) is 31.6 Å². The zero-order chi connectivity index (χ0) is 23.5. The lowest BCUT2D eigenvalue weighted by Gasteiger charge is -2.44. The molecule has 2 aromatic rings. The molecule has 168 valence electrons. The highest BCUT2D eigenvalue weighted by Gasteiger charge is 2.62. The molecule has 5 rings (SSSR count). The first kappa shape index (κ1) is 21.3. The number of para-hydroxylation sites is 1. The van der Waals surface area contributed by atoms with E-state index in [9.17, 15) is 14.4 Å². The number of nitrogens with one attached hydrogen (secondary N) is 1. The molecule has 1 unspecified atom stereocenters. The molecule has 0 saturated heterocycles. The number of hydrogen-bond acceptors (Lipinski definition) is 6. The summed E-state index contributed by atoms with van der Waals surface area (Å²) in [4.78, 5) is 42.2.